The number of hydrogen-bond acceptors (Lipinski definition) is 2. The van der Waals surface area contributed by atoms with Crippen molar-refractivity contribution in [2.24, 2.45) is 28.6 Å². The number of ketones is 1. The lowest BCUT2D eigenvalue weighted by Crippen LogP contribution is -2.52. The fourth-order valence-corrected chi connectivity index (χ4v) is 7.30. The van der Waals surface area contributed by atoms with E-state index < -0.39 is 0 Å². The van der Waals surface area contributed by atoms with Crippen LogP contribution in [-0.2, 0) is 4.79 Å². The number of nitrogens with one attached hydrogen (secondary N) is 1. The van der Waals surface area contributed by atoms with E-state index in [0.717, 1.165) is 36.6 Å². The molecular weight excluding hydrogens is 294 g/mol. The Hall–Kier alpha value is -0.630. The summed E-state index contributed by atoms with van der Waals surface area (Å²) in [6.45, 7) is 3.80. The van der Waals surface area contributed by atoms with Gasteiger partial charge in [-0.1, -0.05) is 18.9 Å². The molecule has 0 bridgehead atoms. The maximum atomic E-state index is 11.9. The molecule has 0 saturated heterocycles. The molecule has 0 aliphatic heterocycles. The number of hydrogen-bond donors (Lipinski definition) is 1. The van der Waals surface area contributed by atoms with Crippen molar-refractivity contribution in [1.29, 1.82) is 0 Å². The van der Waals surface area contributed by atoms with Gasteiger partial charge in [-0.25, -0.2) is 0 Å². The quantitative estimate of drug-likeness (QED) is 0.818. The first-order chi connectivity index (χ1) is 11.6. The standard InChI is InChI=1S/C22H33NO/c1-21-11-8-17(24)13-15(21)4-7-18-19(21)9-12-22(10-2-3-20(18)22)14-23-16-5-6-16/h13,16,18-20,23H,2-12,14H2,1H3/t18-,19+,20+,21+,22+/m1/s1. The van der Waals surface area contributed by atoms with Crippen LogP contribution in [0.4, 0.5) is 0 Å². The van der Waals surface area contributed by atoms with Crippen molar-refractivity contribution in [3.8, 4) is 0 Å². The first-order valence-corrected chi connectivity index (χ1v) is 10.6. The zero-order valence-corrected chi connectivity index (χ0v) is 15.3. The van der Waals surface area contributed by atoms with E-state index >= 15 is 0 Å². The predicted molar refractivity (Wildman–Crippen MR) is 96.7 cm³/mol. The van der Waals surface area contributed by atoms with E-state index in [1.54, 1.807) is 0 Å². The maximum absolute atomic E-state index is 11.9. The molecule has 24 heavy (non-hydrogen) atoms. The third kappa shape index (κ3) is 2.28. The molecule has 2 nitrogen and oxygen atoms in total. The van der Waals surface area contributed by atoms with Gasteiger partial charge in [0.2, 0.25) is 0 Å². The third-order valence-electron chi connectivity index (χ3n) is 8.81. The van der Waals surface area contributed by atoms with E-state index in [2.05, 4.69) is 12.2 Å². The van der Waals surface area contributed by atoms with Gasteiger partial charge in [0.15, 0.2) is 5.78 Å². The van der Waals surface area contributed by atoms with Crippen LogP contribution in [0.2, 0.25) is 0 Å². The molecule has 132 valence electrons. The zero-order chi connectivity index (χ0) is 16.4. The number of rotatable bonds is 3. The van der Waals surface area contributed by atoms with E-state index in [9.17, 15) is 4.79 Å². The second-order valence-corrected chi connectivity index (χ2v) is 9.92. The minimum absolute atomic E-state index is 0.343. The van der Waals surface area contributed by atoms with Crippen LogP contribution in [0, 0.1) is 28.6 Å². The van der Waals surface area contributed by atoms with Crippen LogP contribution in [-0.4, -0.2) is 18.4 Å². The average Bonchev–Trinajstić information content (AvgIpc) is 3.31. The van der Waals surface area contributed by atoms with E-state index in [4.69, 9.17) is 0 Å². The van der Waals surface area contributed by atoms with Crippen LogP contribution < -0.4 is 5.32 Å². The molecule has 1 N–H and O–H groups in total. The molecule has 5 rings (SSSR count). The molecule has 4 saturated carbocycles. The molecule has 5 atom stereocenters. The Labute approximate surface area is 146 Å². The fraction of sp³-hybridized carbons (Fsp3) is 0.864. The molecule has 0 aromatic heterocycles. The number of carbonyl (C=O) groups is 1. The molecule has 2 heteroatoms. The van der Waals surface area contributed by atoms with Crippen LogP contribution in [0.3, 0.4) is 0 Å². The van der Waals surface area contributed by atoms with Crippen molar-refractivity contribution in [2.75, 3.05) is 6.54 Å². The molecule has 0 spiro atoms. The Kier molecular flexibility index (Phi) is 3.53. The van der Waals surface area contributed by atoms with Gasteiger partial charge in [0, 0.05) is 19.0 Å². The fourth-order valence-electron chi connectivity index (χ4n) is 7.30. The molecule has 0 heterocycles. The first kappa shape index (κ1) is 15.6. The zero-order valence-electron chi connectivity index (χ0n) is 15.3. The first-order valence-electron chi connectivity index (χ1n) is 10.6. The number of carbonyl (C=O) groups excluding carboxylic acids is 1. The molecule has 0 radical (unpaired) electrons. The summed E-state index contributed by atoms with van der Waals surface area (Å²) in [5.74, 6) is 3.12. The van der Waals surface area contributed by atoms with Crippen LogP contribution in [0.15, 0.2) is 11.6 Å². The van der Waals surface area contributed by atoms with Crippen LogP contribution in [0.5, 0.6) is 0 Å². The van der Waals surface area contributed by atoms with Crippen molar-refractivity contribution in [2.45, 2.75) is 83.6 Å². The molecular formula is C22H33NO. The van der Waals surface area contributed by atoms with E-state index in [0.29, 0.717) is 16.6 Å². The van der Waals surface area contributed by atoms with Gasteiger partial charge in [0.05, 0.1) is 0 Å². The summed E-state index contributed by atoms with van der Waals surface area (Å²) >= 11 is 0. The Balaban J connectivity index is 1.41. The highest BCUT2D eigenvalue weighted by molar-refractivity contribution is 5.91. The Bertz CT molecular complexity index is 577. The number of fused-ring (bicyclic) bond motifs is 5. The summed E-state index contributed by atoms with van der Waals surface area (Å²) in [6.07, 6.45) is 16.6. The van der Waals surface area contributed by atoms with Crippen molar-refractivity contribution in [1.82, 2.24) is 5.32 Å². The Morgan fingerprint density at radius 2 is 1.92 bits per heavy atom. The largest absolute Gasteiger partial charge is 0.313 e. The van der Waals surface area contributed by atoms with Crippen molar-refractivity contribution in [3.05, 3.63) is 11.6 Å². The van der Waals surface area contributed by atoms with E-state index in [1.165, 1.54) is 69.9 Å². The maximum Gasteiger partial charge on any atom is 0.155 e. The highest BCUT2D eigenvalue weighted by Crippen LogP contribution is 2.65. The minimum Gasteiger partial charge on any atom is -0.313 e. The summed E-state index contributed by atoms with van der Waals surface area (Å²) in [5.41, 5.74) is 2.48. The Morgan fingerprint density at radius 3 is 2.75 bits per heavy atom. The number of allylic oxidation sites excluding steroid dienone is 1. The van der Waals surface area contributed by atoms with Gasteiger partial charge < -0.3 is 5.32 Å². The van der Waals surface area contributed by atoms with Gasteiger partial charge in [-0.3, -0.25) is 4.79 Å². The lowest BCUT2D eigenvalue weighted by Gasteiger charge is -2.58. The normalized spacial score (nSPS) is 47.6. The lowest BCUT2D eigenvalue weighted by molar-refractivity contribution is -0.117. The summed E-state index contributed by atoms with van der Waals surface area (Å²) in [7, 11) is 0. The molecule has 0 amide bonds. The second kappa shape index (κ2) is 5.43. The molecule has 4 fully saturated rings. The predicted octanol–water partition coefficient (Wildman–Crippen LogP) is 4.64. The van der Waals surface area contributed by atoms with Gasteiger partial charge >= 0.3 is 0 Å². The summed E-state index contributed by atoms with van der Waals surface area (Å²) in [6, 6.07) is 0.848. The van der Waals surface area contributed by atoms with Gasteiger partial charge in [-0.15, -0.1) is 0 Å². The molecule has 5 aliphatic carbocycles. The second-order valence-electron chi connectivity index (χ2n) is 9.92. The lowest BCUT2D eigenvalue weighted by atomic mass is 9.47. The van der Waals surface area contributed by atoms with E-state index in [1.807, 2.05) is 6.08 Å². The van der Waals surface area contributed by atoms with Crippen molar-refractivity contribution >= 4 is 5.78 Å². The van der Waals surface area contributed by atoms with Gasteiger partial charge in [0.25, 0.3) is 0 Å². The average molecular weight is 328 g/mol. The van der Waals surface area contributed by atoms with Gasteiger partial charge in [0.1, 0.15) is 0 Å². The van der Waals surface area contributed by atoms with Gasteiger partial charge in [-0.05, 0) is 92.4 Å². The van der Waals surface area contributed by atoms with Crippen LogP contribution in [0.25, 0.3) is 0 Å². The van der Waals surface area contributed by atoms with E-state index in [-0.39, 0.29) is 0 Å². The Morgan fingerprint density at radius 1 is 1.04 bits per heavy atom. The molecule has 0 unspecified atom stereocenters. The van der Waals surface area contributed by atoms with Crippen molar-refractivity contribution in [3.63, 3.8) is 0 Å². The topological polar surface area (TPSA) is 29.1 Å². The van der Waals surface area contributed by atoms with Crippen LogP contribution in [0.1, 0.15) is 77.6 Å². The summed E-state index contributed by atoms with van der Waals surface area (Å²) in [4.78, 5) is 11.9. The summed E-state index contributed by atoms with van der Waals surface area (Å²) in [5, 5.41) is 3.90. The van der Waals surface area contributed by atoms with Gasteiger partial charge in [-0.2, -0.15) is 0 Å². The minimum atomic E-state index is 0.343. The molecule has 0 aromatic rings. The highest BCUT2D eigenvalue weighted by Gasteiger charge is 2.57. The molecule has 5 aliphatic rings. The SMILES string of the molecule is C[C@]12CCC(=O)C=C1CC[C@H]1[C@@H]3CCC[C@@]3(CNC3CC3)CC[C@@H]12. The summed E-state index contributed by atoms with van der Waals surface area (Å²) < 4.78 is 0. The molecule has 0 aromatic carbocycles. The monoisotopic (exact) mass is 327 g/mol. The van der Waals surface area contributed by atoms with Crippen molar-refractivity contribution < 1.29 is 4.79 Å². The highest BCUT2D eigenvalue weighted by atomic mass is 16.1. The smallest absolute Gasteiger partial charge is 0.155 e. The van der Waals surface area contributed by atoms with Crippen LogP contribution >= 0.6 is 0 Å². The third-order valence-corrected chi connectivity index (χ3v) is 8.81.